The molecule has 1 aromatic heterocycles. The van der Waals surface area contributed by atoms with Gasteiger partial charge < -0.3 is 74.7 Å². The first-order valence-corrected chi connectivity index (χ1v) is 13.4. The molecule has 0 aliphatic carbocycles. The lowest BCUT2D eigenvalue weighted by Gasteiger charge is -2.39. The van der Waals surface area contributed by atoms with Crippen molar-refractivity contribution < 1.29 is 79.2 Å². The lowest BCUT2D eigenvalue weighted by atomic mass is 9.99. The number of phenols is 3. The fourth-order valence-corrected chi connectivity index (χ4v) is 4.96. The monoisotopic (exact) mass is 625 g/mol. The molecule has 2 aliphatic heterocycles. The number of hydrogen-bond acceptors (Lipinski definition) is 15. The number of aromatic hydroxyl groups is 3. The molecule has 10 atom stereocenters. The zero-order valence-corrected chi connectivity index (χ0v) is 23.3. The van der Waals surface area contributed by atoms with Gasteiger partial charge in [-0.25, -0.2) is 4.42 Å². The second kappa shape index (κ2) is 12.4. The fourth-order valence-electron chi connectivity index (χ4n) is 4.96. The van der Waals surface area contributed by atoms with Gasteiger partial charge in [0.25, 0.3) is 0 Å². The van der Waals surface area contributed by atoms with Gasteiger partial charge in [0.1, 0.15) is 59.6 Å². The summed E-state index contributed by atoms with van der Waals surface area (Å²) in [5.74, 6) is -2.24. The number of phenolic OH excluding ortho intramolecular Hbond substituents is 3. The zero-order chi connectivity index (χ0) is 32.0. The molecule has 2 fully saturated rings. The Morgan fingerprint density at radius 3 is 2.02 bits per heavy atom. The van der Waals surface area contributed by atoms with Gasteiger partial charge in [-0.1, -0.05) is 0 Å². The maximum atomic E-state index is 10.6. The van der Waals surface area contributed by atoms with Crippen LogP contribution in [0.3, 0.4) is 0 Å². The molecule has 5 rings (SSSR count). The summed E-state index contributed by atoms with van der Waals surface area (Å²) in [6.07, 6.45) is -15.5. The third kappa shape index (κ3) is 5.74. The van der Waals surface area contributed by atoms with Crippen molar-refractivity contribution in [1.29, 1.82) is 0 Å². The van der Waals surface area contributed by atoms with Crippen LogP contribution in [0.15, 0.2) is 34.7 Å². The second-order valence-electron chi connectivity index (χ2n) is 10.5. The molecular formula is C28H33O16+. The van der Waals surface area contributed by atoms with Crippen molar-refractivity contribution in [3.8, 4) is 45.8 Å². The highest BCUT2D eigenvalue weighted by molar-refractivity contribution is 5.89. The van der Waals surface area contributed by atoms with E-state index in [-0.39, 0.29) is 45.3 Å². The van der Waals surface area contributed by atoms with Crippen molar-refractivity contribution in [2.75, 3.05) is 13.7 Å². The number of ether oxygens (including phenoxy) is 5. The number of aliphatic hydroxyl groups is 7. The Balaban J connectivity index is 1.64. The molecule has 16 nitrogen and oxygen atoms in total. The van der Waals surface area contributed by atoms with Crippen LogP contribution in [-0.4, -0.2) is 126 Å². The smallest absolute Gasteiger partial charge is 0.402 e. The second-order valence-corrected chi connectivity index (χ2v) is 10.5. The molecule has 10 N–H and O–H groups in total. The molecule has 0 bridgehead atoms. The average Bonchev–Trinajstić information content (AvgIpc) is 3.00. The molecule has 16 heteroatoms. The van der Waals surface area contributed by atoms with Crippen molar-refractivity contribution >= 4 is 11.0 Å². The lowest BCUT2D eigenvalue weighted by Crippen LogP contribution is -2.60. The van der Waals surface area contributed by atoms with Gasteiger partial charge in [-0.3, -0.25) is 0 Å². The standard InChI is InChI=1S/C28H32O16/c1-9-19(32)22(35)24(37)27(40-9)43-17-7-12-14(41-26(17)10-3-13(31)20(33)16(4-10)39-2)5-11(30)6-15(12)42-28-25(38)23(36)21(34)18(8-29)44-28/h3-7,9,18-19,21-25,27-29,32,34-38H,8H2,1-2H3,(H2-,30,31,33)/p+1. The number of methoxy groups -OCH3 is 1. The van der Waals surface area contributed by atoms with Gasteiger partial charge in [0.15, 0.2) is 11.5 Å². The first-order valence-electron chi connectivity index (χ1n) is 13.4. The molecule has 2 aliphatic rings. The summed E-state index contributed by atoms with van der Waals surface area (Å²) in [5, 5.41) is 102. The molecule has 44 heavy (non-hydrogen) atoms. The molecule has 3 aromatic rings. The predicted molar refractivity (Wildman–Crippen MR) is 145 cm³/mol. The van der Waals surface area contributed by atoms with E-state index in [1.807, 2.05) is 0 Å². The Hall–Kier alpha value is -3.71. The Morgan fingerprint density at radius 1 is 0.727 bits per heavy atom. The van der Waals surface area contributed by atoms with Crippen LogP contribution < -0.4 is 14.2 Å². The van der Waals surface area contributed by atoms with Crippen LogP contribution in [0.1, 0.15) is 6.92 Å². The molecule has 10 unspecified atom stereocenters. The minimum Gasteiger partial charge on any atom is -0.507 e. The van der Waals surface area contributed by atoms with Gasteiger partial charge in [-0.05, 0) is 6.92 Å². The molecular weight excluding hydrogens is 592 g/mol. The highest BCUT2D eigenvalue weighted by Gasteiger charge is 2.46. The number of rotatable bonds is 7. The molecule has 240 valence electrons. The third-order valence-corrected chi connectivity index (χ3v) is 7.48. The van der Waals surface area contributed by atoms with E-state index in [1.165, 1.54) is 32.2 Å². The van der Waals surface area contributed by atoms with Gasteiger partial charge in [0.2, 0.25) is 24.1 Å². The van der Waals surface area contributed by atoms with Gasteiger partial charge in [0.05, 0.1) is 31.5 Å². The van der Waals surface area contributed by atoms with E-state index in [1.54, 1.807) is 0 Å². The predicted octanol–water partition coefficient (Wildman–Crippen LogP) is -1.11. The Bertz CT molecular complexity index is 1500. The van der Waals surface area contributed by atoms with Crippen LogP contribution in [0.5, 0.6) is 34.5 Å². The van der Waals surface area contributed by atoms with Gasteiger partial charge in [0, 0.05) is 24.3 Å². The van der Waals surface area contributed by atoms with Crippen molar-refractivity contribution in [3.05, 3.63) is 30.3 Å². The van der Waals surface area contributed by atoms with Crippen molar-refractivity contribution in [3.63, 3.8) is 0 Å². The molecule has 2 saturated heterocycles. The molecule has 3 heterocycles. The van der Waals surface area contributed by atoms with E-state index in [0.29, 0.717) is 0 Å². The van der Waals surface area contributed by atoms with Crippen LogP contribution in [0.4, 0.5) is 0 Å². The van der Waals surface area contributed by atoms with Gasteiger partial charge in [-0.2, -0.15) is 0 Å². The zero-order valence-electron chi connectivity index (χ0n) is 23.3. The van der Waals surface area contributed by atoms with Crippen molar-refractivity contribution in [2.24, 2.45) is 0 Å². The Morgan fingerprint density at radius 2 is 1.36 bits per heavy atom. The highest BCUT2D eigenvalue weighted by Crippen LogP contribution is 2.45. The maximum Gasteiger partial charge on any atom is 0.402 e. The first kappa shape index (κ1) is 31.7. The van der Waals surface area contributed by atoms with Crippen molar-refractivity contribution in [1.82, 2.24) is 0 Å². The molecule has 2 aromatic carbocycles. The summed E-state index contributed by atoms with van der Waals surface area (Å²) >= 11 is 0. The topological polar surface area (TPSA) is 260 Å². The van der Waals surface area contributed by atoms with Crippen LogP contribution in [0, 0.1) is 0 Å². The SMILES string of the molecule is COc1cc(-c2[o+]c3cc(O)cc(OC4OC(CO)C(O)C(O)C4O)c3cc2OC2OC(C)C(O)C(O)C2O)cc(O)c1O. The van der Waals surface area contributed by atoms with E-state index in [9.17, 15) is 51.1 Å². The van der Waals surface area contributed by atoms with E-state index in [0.717, 1.165) is 12.1 Å². The number of benzene rings is 2. The van der Waals surface area contributed by atoms with Gasteiger partial charge >= 0.3 is 11.3 Å². The van der Waals surface area contributed by atoms with E-state index in [4.69, 9.17) is 28.1 Å². The summed E-state index contributed by atoms with van der Waals surface area (Å²) in [4.78, 5) is 0. The summed E-state index contributed by atoms with van der Waals surface area (Å²) in [6, 6.07) is 6.02. The first-order chi connectivity index (χ1) is 20.8. The summed E-state index contributed by atoms with van der Waals surface area (Å²) in [6.45, 7) is 0.730. The van der Waals surface area contributed by atoms with Crippen molar-refractivity contribution in [2.45, 2.75) is 68.3 Å². The Kier molecular flexibility index (Phi) is 8.90. The van der Waals surface area contributed by atoms with E-state index < -0.39 is 79.5 Å². The summed E-state index contributed by atoms with van der Waals surface area (Å²) in [5.41, 5.74) is 0.0140. The largest absolute Gasteiger partial charge is 0.507 e. The normalized spacial score (nSPS) is 32.4. The molecule has 0 saturated carbocycles. The van der Waals surface area contributed by atoms with Crippen LogP contribution in [0.2, 0.25) is 0 Å². The summed E-state index contributed by atoms with van der Waals surface area (Å²) < 4.78 is 33.9. The average molecular weight is 626 g/mol. The fraction of sp³-hybridized carbons (Fsp3) is 0.464. The minimum absolute atomic E-state index is 0.0624. The number of fused-ring (bicyclic) bond motifs is 1. The van der Waals surface area contributed by atoms with Crippen LogP contribution in [-0.2, 0) is 9.47 Å². The van der Waals surface area contributed by atoms with Crippen LogP contribution in [0.25, 0.3) is 22.3 Å². The number of aliphatic hydroxyl groups excluding tert-OH is 7. The molecule has 0 radical (unpaired) electrons. The quantitative estimate of drug-likeness (QED) is 0.110. The highest BCUT2D eigenvalue weighted by atomic mass is 16.7. The van der Waals surface area contributed by atoms with E-state index in [2.05, 4.69) is 0 Å². The summed E-state index contributed by atoms with van der Waals surface area (Å²) in [7, 11) is 1.24. The van der Waals surface area contributed by atoms with Crippen LogP contribution >= 0.6 is 0 Å². The molecule has 0 amide bonds. The lowest BCUT2D eigenvalue weighted by molar-refractivity contribution is -0.277. The molecule has 0 spiro atoms. The van der Waals surface area contributed by atoms with Gasteiger partial charge in [-0.15, -0.1) is 0 Å². The third-order valence-electron chi connectivity index (χ3n) is 7.48. The Labute approximate surface area is 248 Å². The maximum absolute atomic E-state index is 10.6. The number of hydrogen-bond donors (Lipinski definition) is 10. The minimum atomic E-state index is -1.79. The van der Waals surface area contributed by atoms with E-state index >= 15 is 0 Å².